The fraction of sp³-hybridized carbons (Fsp3) is 0.400. The first-order valence-corrected chi connectivity index (χ1v) is 7.56. The molecule has 0 unspecified atom stereocenters. The van der Waals surface area contributed by atoms with Crippen LogP contribution < -0.4 is 5.32 Å². The molecule has 3 rings (SSSR count). The molecular formula is C15H18BrN3. The number of aromatic nitrogens is 2. The second kappa shape index (κ2) is 5.47. The Balaban J connectivity index is 2.03. The minimum Gasteiger partial charge on any atom is -0.317 e. The zero-order chi connectivity index (χ0) is 13.2. The fourth-order valence-electron chi connectivity index (χ4n) is 2.85. The summed E-state index contributed by atoms with van der Waals surface area (Å²) in [7, 11) is 0. The van der Waals surface area contributed by atoms with Gasteiger partial charge in [-0.25, -0.2) is 0 Å². The molecule has 1 fully saturated rings. The maximum Gasteiger partial charge on any atom is 0.0735 e. The lowest BCUT2D eigenvalue weighted by molar-refractivity contribution is 0.453. The first-order valence-electron chi connectivity index (χ1n) is 6.77. The molecule has 19 heavy (non-hydrogen) atoms. The van der Waals surface area contributed by atoms with E-state index < -0.39 is 0 Å². The minimum atomic E-state index is 0.570. The molecule has 1 aliphatic heterocycles. The third kappa shape index (κ3) is 2.60. The summed E-state index contributed by atoms with van der Waals surface area (Å²) >= 11 is 3.55. The fourth-order valence-corrected chi connectivity index (χ4v) is 3.25. The highest BCUT2D eigenvalue weighted by atomic mass is 79.9. The molecule has 0 atom stereocenters. The van der Waals surface area contributed by atoms with Gasteiger partial charge in [-0.2, -0.15) is 5.10 Å². The van der Waals surface area contributed by atoms with Gasteiger partial charge in [0.05, 0.1) is 5.69 Å². The SMILES string of the molecule is Cc1[nH]nc(C2CCNCC2)c1-c1cccc(Br)c1. The molecule has 0 amide bonds. The molecule has 2 aromatic rings. The van der Waals surface area contributed by atoms with Gasteiger partial charge in [-0.15, -0.1) is 0 Å². The first kappa shape index (κ1) is 12.9. The third-order valence-electron chi connectivity index (χ3n) is 3.81. The molecule has 0 saturated carbocycles. The van der Waals surface area contributed by atoms with Crippen LogP contribution in [0.4, 0.5) is 0 Å². The second-order valence-corrected chi connectivity index (χ2v) is 6.06. The Morgan fingerprint density at radius 3 is 2.79 bits per heavy atom. The minimum absolute atomic E-state index is 0.570. The van der Waals surface area contributed by atoms with Gasteiger partial charge in [0.25, 0.3) is 0 Å². The first-order chi connectivity index (χ1) is 9.25. The van der Waals surface area contributed by atoms with E-state index in [1.54, 1.807) is 0 Å². The molecule has 1 aromatic carbocycles. The standard InChI is InChI=1S/C15H18BrN3/c1-10-14(12-3-2-4-13(16)9-12)15(19-18-10)11-5-7-17-8-6-11/h2-4,9,11,17H,5-8H2,1H3,(H,18,19). The van der Waals surface area contributed by atoms with E-state index in [1.165, 1.54) is 29.7 Å². The number of hydrogen-bond acceptors (Lipinski definition) is 2. The van der Waals surface area contributed by atoms with Gasteiger partial charge in [0.2, 0.25) is 0 Å². The molecule has 1 aliphatic rings. The molecule has 2 N–H and O–H groups in total. The van der Waals surface area contributed by atoms with E-state index in [0.29, 0.717) is 5.92 Å². The number of hydrogen-bond donors (Lipinski definition) is 2. The van der Waals surface area contributed by atoms with Crippen LogP contribution in [0.15, 0.2) is 28.7 Å². The third-order valence-corrected chi connectivity index (χ3v) is 4.31. The predicted octanol–water partition coefficient (Wildman–Crippen LogP) is 3.61. The van der Waals surface area contributed by atoms with Gasteiger partial charge in [0, 0.05) is 21.6 Å². The molecular weight excluding hydrogens is 302 g/mol. The van der Waals surface area contributed by atoms with Crippen LogP contribution in [0.25, 0.3) is 11.1 Å². The smallest absolute Gasteiger partial charge is 0.0735 e. The molecule has 4 heteroatoms. The van der Waals surface area contributed by atoms with E-state index >= 15 is 0 Å². The number of H-pyrrole nitrogens is 1. The van der Waals surface area contributed by atoms with Crippen molar-refractivity contribution in [2.24, 2.45) is 0 Å². The van der Waals surface area contributed by atoms with E-state index in [4.69, 9.17) is 0 Å². The maximum absolute atomic E-state index is 4.58. The summed E-state index contributed by atoms with van der Waals surface area (Å²) in [6.45, 7) is 4.29. The van der Waals surface area contributed by atoms with Crippen LogP contribution in [0.3, 0.4) is 0 Å². The van der Waals surface area contributed by atoms with Crippen LogP contribution in [-0.4, -0.2) is 23.3 Å². The monoisotopic (exact) mass is 319 g/mol. The topological polar surface area (TPSA) is 40.7 Å². The largest absolute Gasteiger partial charge is 0.317 e. The van der Waals surface area contributed by atoms with Crippen molar-refractivity contribution in [2.45, 2.75) is 25.7 Å². The van der Waals surface area contributed by atoms with E-state index in [1.807, 2.05) is 0 Å². The molecule has 1 aromatic heterocycles. The van der Waals surface area contributed by atoms with Crippen LogP contribution in [0.2, 0.25) is 0 Å². The van der Waals surface area contributed by atoms with E-state index in [2.05, 4.69) is 62.6 Å². The normalized spacial score (nSPS) is 16.7. The lowest BCUT2D eigenvalue weighted by Crippen LogP contribution is -2.27. The van der Waals surface area contributed by atoms with Crippen LogP contribution in [0.1, 0.15) is 30.1 Å². The molecule has 3 nitrogen and oxygen atoms in total. The quantitative estimate of drug-likeness (QED) is 0.887. The lowest BCUT2D eigenvalue weighted by atomic mass is 9.89. The summed E-state index contributed by atoms with van der Waals surface area (Å²) in [5.74, 6) is 0.570. The van der Waals surface area contributed by atoms with Gasteiger partial charge in [-0.1, -0.05) is 28.1 Å². The summed E-state index contributed by atoms with van der Waals surface area (Å²) in [6.07, 6.45) is 2.34. The van der Waals surface area contributed by atoms with Crippen molar-refractivity contribution in [2.75, 3.05) is 13.1 Å². The average molecular weight is 320 g/mol. The van der Waals surface area contributed by atoms with Crippen LogP contribution >= 0.6 is 15.9 Å². The molecule has 1 saturated heterocycles. The number of aromatic amines is 1. The Morgan fingerprint density at radius 1 is 1.26 bits per heavy atom. The average Bonchev–Trinajstić information content (AvgIpc) is 2.82. The van der Waals surface area contributed by atoms with Gasteiger partial charge >= 0.3 is 0 Å². The number of aryl methyl sites for hydroxylation is 1. The van der Waals surface area contributed by atoms with Crippen molar-refractivity contribution in [1.29, 1.82) is 0 Å². The number of nitrogens with zero attached hydrogens (tertiary/aromatic N) is 1. The Kier molecular flexibility index (Phi) is 3.71. The number of benzene rings is 1. The van der Waals surface area contributed by atoms with E-state index in [-0.39, 0.29) is 0 Å². The second-order valence-electron chi connectivity index (χ2n) is 5.14. The molecule has 2 heterocycles. The van der Waals surface area contributed by atoms with E-state index in [0.717, 1.165) is 23.3 Å². The van der Waals surface area contributed by atoms with Crippen molar-refractivity contribution in [3.8, 4) is 11.1 Å². The Bertz CT molecular complexity index is 571. The van der Waals surface area contributed by atoms with Crippen molar-refractivity contribution in [3.63, 3.8) is 0 Å². The number of rotatable bonds is 2. The predicted molar refractivity (Wildman–Crippen MR) is 81.3 cm³/mol. The zero-order valence-electron chi connectivity index (χ0n) is 11.0. The molecule has 0 radical (unpaired) electrons. The molecule has 0 spiro atoms. The van der Waals surface area contributed by atoms with Crippen molar-refractivity contribution in [3.05, 3.63) is 40.1 Å². The van der Waals surface area contributed by atoms with Crippen molar-refractivity contribution >= 4 is 15.9 Å². The van der Waals surface area contributed by atoms with Crippen LogP contribution in [0.5, 0.6) is 0 Å². The highest BCUT2D eigenvalue weighted by Crippen LogP contribution is 2.35. The number of halogens is 1. The van der Waals surface area contributed by atoms with Gasteiger partial charge in [-0.05, 0) is 50.6 Å². The number of piperidine rings is 1. The highest BCUT2D eigenvalue weighted by Gasteiger charge is 2.23. The Labute approximate surface area is 121 Å². The lowest BCUT2D eigenvalue weighted by Gasteiger charge is -2.22. The van der Waals surface area contributed by atoms with Gasteiger partial charge in [0.15, 0.2) is 0 Å². The Morgan fingerprint density at radius 2 is 2.05 bits per heavy atom. The summed E-state index contributed by atoms with van der Waals surface area (Å²) < 4.78 is 1.11. The molecule has 0 aliphatic carbocycles. The molecule has 100 valence electrons. The number of nitrogens with one attached hydrogen (secondary N) is 2. The van der Waals surface area contributed by atoms with Crippen LogP contribution in [0, 0.1) is 6.92 Å². The summed E-state index contributed by atoms with van der Waals surface area (Å²) in [4.78, 5) is 0. The summed E-state index contributed by atoms with van der Waals surface area (Å²) in [5, 5.41) is 11.2. The molecule has 0 bridgehead atoms. The maximum atomic E-state index is 4.58. The Hall–Kier alpha value is -1.13. The van der Waals surface area contributed by atoms with Gasteiger partial charge < -0.3 is 5.32 Å². The van der Waals surface area contributed by atoms with E-state index in [9.17, 15) is 0 Å². The highest BCUT2D eigenvalue weighted by molar-refractivity contribution is 9.10. The van der Waals surface area contributed by atoms with Crippen molar-refractivity contribution in [1.82, 2.24) is 15.5 Å². The zero-order valence-corrected chi connectivity index (χ0v) is 12.6. The van der Waals surface area contributed by atoms with Gasteiger partial charge in [-0.3, -0.25) is 5.10 Å². The van der Waals surface area contributed by atoms with Gasteiger partial charge in [0.1, 0.15) is 0 Å². The van der Waals surface area contributed by atoms with Crippen LogP contribution in [-0.2, 0) is 0 Å². The summed E-state index contributed by atoms with van der Waals surface area (Å²) in [5.41, 5.74) is 4.92. The summed E-state index contributed by atoms with van der Waals surface area (Å²) in [6, 6.07) is 8.47. The van der Waals surface area contributed by atoms with Crippen molar-refractivity contribution < 1.29 is 0 Å².